The van der Waals surface area contributed by atoms with Crippen molar-refractivity contribution in [3.63, 3.8) is 0 Å². The van der Waals surface area contributed by atoms with Crippen molar-refractivity contribution in [2.45, 2.75) is 37.9 Å². The number of alkyl halides is 3. The quantitative estimate of drug-likeness (QED) is 0.416. The van der Waals surface area contributed by atoms with E-state index in [-0.39, 0.29) is 22.4 Å². The van der Waals surface area contributed by atoms with Gasteiger partial charge < -0.3 is 10.6 Å². The first-order valence-electron chi connectivity index (χ1n) is 10.3. The number of nitrogens with zero attached hydrogens (tertiary/aromatic N) is 1. The predicted octanol–water partition coefficient (Wildman–Crippen LogP) is 5.77. The number of rotatable bonds is 5. The normalized spacial score (nSPS) is 19.2. The Hall–Kier alpha value is -2.81. The third-order valence-electron chi connectivity index (χ3n) is 5.80. The van der Waals surface area contributed by atoms with Gasteiger partial charge in [-0.1, -0.05) is 11.6 Å². The molecule has 0 atom stereocenters. The van der Waals surface area contributed by atoms with Crippen molar-refractivity contribution < 1.29 is 22.4 Å². The Morgan fingerprint density at radius 2 is 1.88 bits per heavy atom. The fourth-order valence-corrected chi connectivity index (χ4v) is 4.22. The van der Waals surface area contributed by atoms with Crippen LogP contribution < -0.4 is 10.6 Å². The number of anilines is 1. The summed E-state index contributed by atoms with van der Waals surface area (Å²) in [6, 6.07) is 7.02. The van der Waals surface area contributed by atoms with E-state index in [1.54, 1.807) is 6.07 Å². The Bertz CT molecular complexity index is 1120. The highest BCUT2D eigenvalue weighted by atomic mass is 35.5. The van der Waals surface area contributed by atoms with E-state index in [2.05, 4.69) is 20.8 Å². The highest BCUT2D eigenvalue weighted by Crippen LogP contribution is 2.32. The average molecular weight is 469 g/mol. The van der Waals surface area contributed by atoms with Gasteiger partial charge in [0.05, 0.1) is 21.7 Å². The van der Waals surface area contributed by atoms with Gasteiger partial charge in [-0.3, -0.25) is 9.89 Å². The standard InChI is InChI=1S/C22H21ClF4N4O/c23-18-7-3-13(22(25,26)27)9-16(18)21(32)29-15-5-1-12(2-6-15)11-28-20-17-10-14(24)4-8-19(17)30-31-20/h3-4,7-10,12,15H,1-2,5-6,11H2,(H,29,32)(H2,28,30,31). The Labute approximate surface area is 186 Å². The Morgan fingerprint density at radius 3 is 2.59 bits per heavy atom. The summed E-state index contributed by atoms with van der Waals surface area (Å²) in [5.74, 6) is -0.0125. The van der Waals surface area contributed by atoms with Crippen molar-refractivity contribution >= 4 is 34.2 Å². The predicted molar refractivity (Wildman–Crippen MR) is 114 cm³/mol. The van der Waals surface area contributed by atoms with Crippen molar-refractivity contribution in [2.75, 3.05) is 11.9 Å². The second-order valence-electron chi connectivity index (χ2n) is 8.03. The van der Waals surface area contributed by atoms with Crippen molar-refractivity contribution in [3.05, 3.63) is 58.4 Å². The molecule has 1 amide bonds. The molecule has 32 heavy (non-hydrogen) atoms. The molecule has 0 bridgehead atoms. The highest BCUT2D eigenvalue weighted by molar-refractivity contribution is 6.33. The summed E-state index contributed by atoms with van der Waals surface area (Å²) in [6.45, 7) is 0.649. The number of H-pyrrole nitrogens is 1. The molecule has 2 aromatic carbocycles. The number of carbonyl (C=O) groups is 1. The SMILES string of the molecule is O=C(NC1CCC(CNc2n[nH]c3ccc(F)cc23)CC1)c1cc(C(F)(F)F)ccc1Cl. The van der Waals surface area contributed by atoms with E-state index in [4.69, 9.17) is 11.6 Å². The molecule has 5 nitrogen and oxygen atoms in total. The molecule has 10 heteroatoms. The Kier molecular flexibility index (Phi) is 6.28. The monoisotopic (exact) mass is 468 g/mol. The van der Waals surface area contributed by atoms with E-state index in [1.807, 2.05) is 0 Å². The number of benzene rings is 2. The maximum absolute atomic E-state index is 13.5. The van der Waals surface area contributed by atoms with Gasteiger partial charge in [0.25, 0.3) is 5.91 Å². The maximum atomic E-state index is 13.5. The van der Waals surface area contributed by atoms with Crippen LogP contribution in [-0.2, 0) is 6.18 Å². The molecule has 0 aliphatic heterocycles. The molecular weight excluding hydrogens is 448 g/mol. The summed E-state index contributed by atoms with van der Waals surface area (Å²) in [5.41, 5.74) is -0.343. The van der Waals surface area contributed by atoms with Crippen molar-refractivity contribution in [2.24, 2.45) is 5.92 Å². The van der Waals surface area contributed by atoms with E-state index >= 15 is 0 Å². The summed E-state index contributed by atoms with van der Waals surface area (Å²) in [4.78, 5) is 12.5. The molecule has 3 aromatic rings. The van der Waals surface area contributed by atoms with Gasteiger partial charge >= 0.3 is 6.18 Å². The van der Waals surface area contributed by atoms with Crippen LogP contribution in [0.1, 0.15) is 41.6 Å². The largest absolute Gasteiger partial charge is 0.416 e. The number of halogens is 5. The molecular formula is C22H21ClF4N4O. The van der Waals surface area contributed by atoms with Crippen molar-refractivity contribution in [1.82, 2.24) is 15.5 Å². The molecule has 0 saturated heterocycles. The highest BCUT2D eigenvalue weighted by Gasteiger charge is 2.32. The first kappa shape index (κ1) is 22.4. The second-order valence-corrected chi connectivity index (χ2v) is 8.43. The van der Waals surface area contributed by atoms with Crippen LogP contribution in [0.3, 0.4) is 0 Å². The number of hydrogen-bond acceptors (Lipinski definition) is 3. The Morgan fingerprint density at radius 1 is 1.12 bits per heavy atom. The average Bonchev–Trinajstić information content (AvgIpc) is 3.14. The lowest BCUT2D eigenvalue weighted by molar-refractivity contribution is -0.137. The minimum absolute atomic E-state index is 0.0175. The van der Waals surface area contributed by atoms with Gasteiger partial charge in [0.2, 0.25) is 0 Å². The molecule has 1 fully saturated rings. The summed E-state index contributed by atoms with van der Waals surface area (Å²) >= 11 is 5.95. The lowest BCUT2D eigenvalue weighted by atomic mass is 9.86. The summed E-state index contributed by atoms with van der Waals surface area (Å²) in [6.07, 6.45) is -1.50. The van der Waals surface area contributed by atoms with E-state index in [1.165, 1.54) is 12.1 Å². The molecule has 1 heterocycles. The van der Waals surface area contributed by atoms with Crippen LogP contribution in [0.4, 0.5) is 23.4 Å². The molecule has 1 aliphatic rings. The molecule has 1 aliphatic carbocycles. The number of amides is 1. The lowest BCUT2D eigenvalue weighted by Gasteiger charge is -2.29. The summed E-state index contributed by atoms with van der Waals surface area (Å²) in [7, 11) is 0. The van der Waals surface area contributed by atoms with Crippen molar-refractivity contribution in [1.29, 1.82) is 0 Å². The van der Waals surface area contributed by atoms with Crippen LogP contribution in [0.2, 0.25) is 5.02 Å². The molecule has 0 radical (unpaired) electrons. The van der Waals surface area contributed by atoms with E-state index in [0.717, 1.165) is 36.6 Å². The van der Waals surface area contributed by atoms with Gasteiger partial charge in [-0.25, -0.2) is 4.39 Å². The fraction of sp³-hybridized carbons (Fsp3) is 0.364. The third kappa shape index (κ3) is 4.98. The molecule has 0 spiro atoms. The molecule has 1 aromatic heterocycles. The minimum atomic E-state index is -4.55. The zero-order chi connectivity index (χ0) is 22.9. The molecule has 1 saturated carbocycles. The van der Waals surface area contributed by atoms with E-state index < -0.39 is 17.6 Å². The van der Waals surface area contributed by atoms with Gasteiger partial charge in [-0.05, 0) is 68.0 Å². The summed E-state index contributed by atoms with van der Waals surface area (Å²) in [5, 5.41) is 13.8. The second kappa shape index (κ2) is 8.97. The van der Waals surface area contributed by atoms with Gasteiger partial charge in [-0.2, -0.15) is 18.3 Å². The van der Waals surface area contributed by atoms with Crippen LogP contribution >= 0.6 is 11.6 Å². The number of nitrogens with one attached hydrogen (secondary N) is 3. The van der Waals surface area contributed by atoms with Crippen LogP contribution in [0, 0.1) is 11.7 Å². The van der Waals surface area contributed by atoms with E-state index in [9.17, 15) is 22.4 Å². The third-order valence-corrected chi connectivity index (χ3v) is 6.13. The van der Waals surface area contributed by atoms with Gasteiger partial charge in [0.1, 0.15) is 5.82 Å². The zero-order valence-electron chi connectivity index (χ0n) is 16.9. The van der Waals surface area contributed by atoms with Gasteiger partial charge in [0, 0.05) is 18.0 Å². The number of aromatic amines is 1. The zero-order valence-corrected chi connectivity index (χ0v) is 17.7. The Balaban J connectivity index is 1.30. The van der Waals surface area contributed by atoms with E-state index in [0.29, 0.717) is 36.5 Å². The fourth-order valence-electron chi connectivity index (χ4n) is 4.01. The van der Waals surface area contributed by atoms with Gasteiger partial charge in [0.15, 0.2) is 5.82 Å². The van der Waals surface area contributed by atoms with Crippen LogP contribution in [0.5, 0.6) is 0 Å². The molecule has 4 rings (SSSR count). The number of carbonyl (C=O) groups excluding carboxylic acids is 1. The van der Waals surface area contributed by atoms with Crippen LogP contribution in [-0.4, -0.2) is 28.7 Å². The first-order chi connectivity index (χ1) is 15.2. The maximum Gasteiger partial charge on any atom is 0.416 e. The smallest absolute Gasteiger partial charge is 0.368 e. The topological polar surface area (TPSA) is 69.8 Å². The summed E-state index contributed by atoms with van der Waals surface area (Å²) < 4.78 is 52.3. The van der Waals surface area contributed by atoms with Crippen molar-refractivity contribution in [3.8, 4) is 0 Å². The first-order valence-corrected chi connectivity index (χ1v) is 10.6. The molecule has 3 N–H and O–H groups in total. The number of fused-ring (bicyclic) bond motifs is 1. The van der Waals surface area contributed by atoms with Gasteiger partial charge in [-0.15, -0.1) is 0 Å². The van der Waals surface area contributed by atoms with Crippen LogP contribution in [0.15, 0.2) is 36.4 Å². The lowest BCUT2D eigenvalue weighted by Crippen LogP contribution is -2.38. The van der Waals surface area contributed by atoms with Crippen LogP contribution in [0.25, 0.3) is 10.9 Å². The minimum Gasteiger partial charge on any atom is -0.368 e. The molecule has 170 valence electrons. The number of hydrogen-bond donors (Lipinski definition) is 3. The number of aromatic nitrogens is 2. The molecule has 0 unspecified atom stereocenters.